The number of carbonyl (C=O) groups excluding carboxylic acids is 3. The van der Waals surface area contributed by atoms with E-state index in [9.17, 15) is 14.4 Å². The molecule has 0 aliphatic carbocycles. The van der Waals surface area contributed by atoms with E-state index in [1.807, 2.05) is 32.0 Å². The number of nitrogens with zero attached hydrogens (tertiary/aromatic N) is 1. The van der Waals surface area contributed by atoms with Crippen LogP contribution in [-0.2, 0) is 19.9 Å². The number of halogens is 1. The second-order valence-corrected chi connectivity index (χ2v) is 9.56. The minimum Gasteiger partial charge on any atom is -0.324 e. The Bertz CT molecular complexity index is 870. The number of nitrogens with one attached hydrogen (secondary N) is 2. The largest absolute Gasteiger partial charge is 0.324 e. The van der Waals surface area contributed by atoms with Gasteiger partial charge >= 0.3 is 0 Å². The molecule has 5 atom stereocenters. The molecular formula is C21H26BrN3O3. The minimum atomic E-state index is -1.20. The Kier molecular flexibility index (Phi) is 4.66. The molecule has 3 aliphatic heterocycles. The number of fused-ring (bicyclic) bond motifs is 4. The van der Waals surface area contributed by atoms with Crippen molar-refractivity contribution in [3.63, 3.8) is 0 Å². The molecule has 0 radical (unpaired) electrons. The van der Waals surface area contributed by atoms with Gasteiger partial charge in [0, 0.05) is 27.8 Å². The number of amides is 3. The van der Waals surface area contributed by atoms with Gasteiger partial charge in [-0.2, -0.15) is 0 Å². The van der Waals surface area contributed by atoms with E-state index in [0.29, 0.717) is 18.0 Å². The topological polar surface area (TPSA) is 78.5 Å². The lowest BCUT2D eigenvalue weighted by Gasteiger charge is -2.31. The van der Waals surface area contributed by atoms with E-state index in [-0.39, 0.29) is 29.8 Å². The van der Waals surface area contributed by atoms with Gasteiger partial charge in [0.2, 0.25) is 17.7 Å². The molecular weight excluding hydrogens is 422 g/mol. The van der Waals surface area contributed by atoms with E-state index in [1.165, 1.54) is 4.90 Å². The van der Waals surface area contributed by atoms with Gasteiger partial charge in [-0.25, -0.2) is 0 Å². The summed E-state index contributed by atoms with van der Waals surface area (Å²) in [6, 6.07) is 5.20. The summed E-state index contributed by atoms with van der Waals surface area (Å²) in [7, 11) is 0. The number of likely N-dealkylation sites (tertiary alicyclic amines) is 1. The molecule has 0 aromatic heterocycles. The van der Waals surface area contributed by atoms with E-state index in [1.54, 1.807) is 0 Å². The average Bonchev–Trinajstić information content (AvgIpc) is 3.20. The lowest BCUT2D eigenvalue weighted by atomic mass is 9.76. The highest BCUT2D eigenvalue weighted by Gasteiger charge is 2.70. The van der Waals surface area contributed by atoms with E-state index in [4.69, 9.17) is 0 Å². The zero-order valence-corrected chi connectivity index (χ0v) is 18.2. The molecule has 6 nitrogen and oxygen atoms in total. The fraction of sp³-hybridized carbons (Fsp3) is 0.571. The molecule has 150 valence electrons. The summed E-state index contributed by atoms with van der Waals surface area (Å²) in [5, 5.41) is 6.40. The zero-order valence-electron chi connectivity index (χ0n) is 16.6. The molecule has 1 aromatic rings. The molecule has 3 heterocycles. The molecule has 2 saturated heterocycles. The van der Waals surface area contributed by atoms with E-state index in [2.05, 4.69) is 40.4 Å². The van der Waals surface area contributed by atoms with E-state index >= 15 is 0 Å². The number of hydrogen-bond donors (Lipinski definition) is 2. The normalized spacial score (nSPS) is 32.3. The van der Waals surface area contributed by atoms with E-state index in [0.717, 1.165) is 16.5 Å². The molecule has 3 amide bonds. The summed E-state index contributed by atoms with van der Waals surface area (Å²) in [4.78, 5) is 41.5. The highest BCUT2D eigenvalue weighted by molar-refractivity contribution is 9.10. The van der Waals surface area contributed by atoms with Crippen molar-refractivity contribution >= 4 is 39.3 Å². The van der Waals surface area contributed by atoms with Crippen LogP contribution < -0.4 is 10.6 Å². The number of carbonyl (C=O) groups is 3. The maximum atomic E-state index is 13.5. The van der Waals surface area contributed by atoms with Crippen molar-refractivity contribution < 1.29 is 14.4 Å². The zero-order chi connectivity index (χ0) is 20.4. The maximum absolute atomic E-state index is 13.5. The SMILES string of the molecule is CCC(C)N1C(=O)[C@@H]2C(CC(C)C)NC3(C(=O)Nc4ccc(Br)cc43)[C@@H]2C1=O. The van der Waals surface area contributed by atoms with Crippen LogP contribution in [0.3, 0.4) is 0 Å². The lowest BCUT2D eigenvalue weighted by Crippen LogP contribution is -2.54. The monoisotopic (exact) mass is 447 g/mol. The van der Waals surface area contributed by atoms with Crippen LogP contribution in [0, 0.1) is 17.8 Å². The van der Waals surface area contributed by atoms with Gasteiger partial charge in [-0.05, 0) is 43.9 Å². The molecule has 2 N–H and O–H groups in total. The third-order valence-corrected chi connectivity index (χ3v) is 6.96. The summed E-state index contributed by atoms with van der Waals surface area (Å²) in [6.07, 6.45) is 1.42. The van der Waals surface area contributed by atoms with Gasteiger partial charge < -0.3 is 5.32 Å². The number of rotatable bonds is 4. The number of hydrogen-bond acceptors (Lipinski definition) is 4. The second-order valence-electron chi connectivity index (χ2n) is 8.64. The molecule has 0 saturated carbocycles. The van der Waals surface area contributed by atoms with Crippen LogP contribution >= 0.6 is 15.9 Å². The van der Waals surface area contributed by atoms with Gasteiger partial charge in [0.25, 0.3) is 0 Å². The first-order chi connectivity index (χ1) is 13.2. The number of anilines is 1. The van der Waals surface area contributed by atoms with Crippen LogP contribution in [0.25, 0.3) is 0 Å². The molecule has 1 spiro atoms. The van der Waals surface area contributed by atoms with E-state index < -0.39 is 17.4 Å². The van der Waals surface area contributed by atoms with Crippen molar-refractivity contribution in [3.05, 3.63) is 28.2 Å². The average molecular weight is 448 g/mol. The van der Waals surface area contributed by atoms with Gasteiger partial charge in [0.15, 0.2) is 0 Å². The molecule has 3 unspecified atom stereocenters. The van der Waals surface area contributed by atoms with Crippen molar-refractivity contribution in [2.75, 3.05) is 5.32 Å². The van der Waals surface area contributed by atoms with Crippen LogP contribution in [0.1, 0.15) is 46.1 Å². The highest BCUT2D eigenvalue weighted by Crippen LogP contribution is 2.54. The fourth-order valence-electron chi connectivity index (χ4n) is 5.12. The summed E-state index contributed by atoms with van der Waals surface area (Å²) >= 11 is 3.49. The van der Waals surface area contributed by atoms with Crippen molar-refractivity contribution in [2.45, 2.75) is 58.2 Å². The summed E-state index contributed by atoms with van der Waals surface area (Å²) in [5.41, 5.74) is 0.255. The molecule has 1 aromatic carbocycles. The molecule has 28 heavy (non-hydrogen) atoms. The Hall–Kier alpha value is -1.73. The third kappa shape index (κ3) is 2.52. The van der Waals surface area contributed by atoms with Crippen LogP contribution in [0.4, 0.5) is 5.69 Å². The predicted octanol–water partition coefficient (Wildman–Crippen LogP) is 3.01. The van der Waals surface area contributed by atoms with Crippen LogP contribution in [0.2, 0.25) is 0 Å². The minimum absolute atomic E-state index is 0.143. The van der Waals surface area contributed by atoms with Gasteiger partial charge in [0.1, 0.15) is 5.54 Å². The Balaban J connectivity index is 1.89. The lowest BCUT2D eigenvalue weighted by molar-refractivity contribution is -0.145. The molecule has 0 bridgehead atoms. The first-order valence-electron chi connectivity index (χ1n) is 9.98. The Morgan fingerprint density at radius 2 is 1.89 bits per heavy atom. The van der Waals surface area contributed by atoms with Crippen molar-refractivity contribution in [1.29, 1.82) is 0 Å². The van der Waals surface area contributed by atoms with Crippen molar-refractivity contribution in [1.82, 2.24) is 10.2 Å². The smallest absolute Gasteiger partial charge is 0.250 e. The summed E-state index contributed by atoms with van der Waals surface area (Å²) < 4.78 is 0.836. The van der Waals surface area contributed by atoms with Crippen LogP contribution in [0.5, 0.6) is 0 Å². The standard InChI is InChI=1S/C21H26BrN3O3/c1-5-11(4)25-18(26)16-15(8-10(2)3)24-21(17(16)19(25)27)13-9-12(22)6-7-14(13)23-20(21)28/h6-7,9-11,15-17,24H,5,8H2,1-4H3,(H,23,28)/t11?,15?,16-,17+,21?/m1/s1. The first-order valence-corrected chi connectivity index (χ1v) is 10.8. The number of benzene rings is 1. The Morgan fingerprint density at radius 3 is 2.54 bits per heavy atom. The quantitative estimate of drug-likeness (QED) is 0.695. The Morgan fingerprint density at radius 1 is 1.18 bits per heavy atom. The fourth-order valence-corrected chi connectivity index (χ4v) is 5.48. The second kappa shape index (κ2) is 6.66. The van der Waals surface area contributed by atoms with Gasteiger partial charge in [-0.15, -0.1) is 0 Å². The molecule has 3 aliphatic rings. The third-order valence-electron chi connectivity index (χ3n) is 6.47. The van der Waals surface area contributed by atoms with Crippen molar-refractivity contribution in [2.24, 2.45) is 17.8 Å². The van der Waals surface area contributed by atoms with Crippen LogP contribution in [-0.4, -0.2) is 34.7 Å². The molecule has 2 fully saturated rings. The predicted molar refractivity (Wildman–Crippen MR) is 109 cm³/mol. The maximum Gasteiger partial charge on any atom is 0.250 e. The van der Waals surface area contributed by atoms with Crippen LogP contribution in [0.15, 0.2) is 22.7 Å². The summed E-state index contributed by atoms with van der Waals surface area (Å²) in [5.74, 6) is -1.51. The Labute approximate surface area is 173 Å². The first kappa shape index (κ1) is 19.6. The van der Waals surface area contributed by atoms with Crippen molar-refractivity contribution in [3.8, 4) is 0 Å². The van der Waals surface area contributed by atoms with Gasteiger partial charge in [0.05, 0.1) is 11.8 Å². The molecule has 7 heteroatoms. The molecule has 4 rings (SSSR count). The number of imide groups is 1. The van der Waals surface area contributed by atoms with Gasteiger partial charge in [-0.1, -0.05) is 36.7 Å². The highest BCUT2D eigenvalue weighted by atomic mass is 79.9. The summed E-state index contributed by atoms with van der Waals surface area (Å²) in [6.45, 7) is 8.05. The van der Waals surface area contributed by atoms with Gasteiger partial charge in [-0.3, -0.25) is 24.6 Å².